The Morgan fingerprint density at radius 2 is 1.63 bits per heavy atom. The third-order valence-corrected chi connectivity index (χ3v) is 9.46. The van der Waals surface area contributed by atoms with Gasteiger partial charge in [-0.15, -0.1) is 0 Å². The second-order valence-corrected chi connectivity index (χ2v) is 13.7. The molecule has 2 unspecified atom stereocenters. The van der Waals surface area contributed by atoms with Crippen LogP contribution in [0, 0.1) is 17.7 Å². The molecule has 7 rings (SSSR count). The number of likely N-dealkylation sites (tertiary alicyclic amines) is 1. The van der Waals surface area contributed by atoms with Crippen LogP contribution in [0.1, 0.15) is 62.6 Å². The molecule has 3 atom stereocenters. The second kappa shape index (κ2) is 11.1. The van der Waals surface area contributed by atoms with Crippen LogP contribution in [0.2, 0.25) is 5.02 Å². The molecule has 238 valence electrons. The van der Waals surface area contributed by atoms with E-state index < -0.39 is 35.2 Å². The number of hydrogen-bond donors (Lipinski definition) is 1. The van der Waals surface area contributed by atoms with Gasteiger partial charge in [0.2, 0.25) is 0 Å². The number of rotatable bonds is 5. The zero-order chi connectivity index (χ0) is 32.5. The van der Waals surface area contributed by atoms with Crippen molar-refractivity contribution in [1.29, 1.82) is 0 Å². The average molecular weight is 645 g/mol. The number of nitrogens with one attached hydrogen (secondary N) is 1. The highest BCUT2D eigenvalue weighted by Gasteiger charge is 2.59. The molecule has 2 heterocycles. The van der Waals surface area contributed by atoms with Crippen LogP contribution in [-0.2, 0) is 9.47 Å². The van der Waals surface area contributed by atoms with Gasteiger partial charge in [0.1, 0.15) is 29.4 Å². The summed E-state index contributed by atoms with van der Waals surface area (Å²) in [4.78, 5) is 46.1. The van der Waals surface area contributed by atoms with Crippen molar-refractivity contribution < 1.29 is 23.5 Å². The predicted octanol–water partition coefficient (Wildman–Crippen LogP) is 6.83. The molecule has 0 radical (unpaired) electrons. The zero-order valence-electron chi connectivity index (χ0n) is 25.9. The average Bonchev–Trinajstić information content (AvgIpc) is 3.33. The van der Waals surface area contributed by atoms with Crippen LogP contribution >= 0.6 is 11.6 Å². The van der Waals surface area contributed by atoms with Gasteiger partial charge < -0.3 is 19.7 Å². The van der Waals surface area contributed by atoms with Crippen molar-refractivity contribution in [2.45, 2.75) is 51.3 Å². The maximum atomic E-state index is 15.0. The van der Waals surface area contributed by atoms with E-state index in [0.29, 0.717) is 13.1 Å². The minimum absolute atomic E-state index is 0.0206. The number of alkyl carbamates (subject to hydrolysis) is 1. The zero-order valence-corrected chi connectivity index (χ0v) is 26.7. The Bertz CT molecular complexity index is 1900. The number of hydrogen-bond acceptors (Lipinski definition) is 6. The Balaban J connectivity index is 1.13. The molecule has 1 N–H and O–H groups in total. The van der Waals surface area contributed by atoms with Crippen molar-refractivity contribution in [3.8, 4) is 11.1 Å². The third kappa shape index (κ3) is 5.18. The molecule has 4 aromatic rings. The van der Waals surface area contributed by atoms with Crippen molar-refractivity contribution in [2.24, 2.45) is 11.8 Å². The van der Waals surface area contributed by atoms with Gasteiger partial charge in [0.25, 0.3) is 5.56 Å². The standard InChI is InChI=1S/C35H34ClFN4O5/c1-18(38-33(43)45-17-25-21-11-7-5-9-19(21)20-10-6-8-12-22(20)25)31-39-29-27(37)14-13-26(36)28(29)32(42)41(31)30-23-15-40(16-24(23)30)34(44)46-35(2,3)4/h5-14,18,23-25,30H,15-17H2,1-4H3,(H,38,43)/t18-,23?,24?,30?/m0/s1. The molecule has 46 heavy (non-hydrogen) atoms. The van der Waals surface area contributed by atoms with Crippen molar-refractivity contribution in [3.05, 3.63) is 98.8 Å². The first kappa shape index (κ1) is 30.2. The highest BCUT2D eigenvalue weighted by atomic mass is 35.5. The normalized spacial score (nSPS) is 20.6. The van der Waals surface area contributed by atoms with Crippen LogP contribution in [0.3, 0.4) is 0 Å². The summed E-state index contributed by atoms with van der Waals surface area (Å²) in [7, 11) is 0. The summed E-state index contributed by atoms with van der Waals surface area (Å²) in [6.07, 6.45) is -1.09. The summed E-state index contributed by atoms with van der Waals surface area (Å²) in [5, 5.41) is 2.88. The Morgan fingerprint density at radius 3 is 2.24 bits per heavy atom. The molecule has 2 aliphatic carbocycles. The van der Waals surface area contributed by atoms with E-state index in [1.165, 1.54) is 16.7 Å². The molecular weight excluding hydrogens is 611 g/mol. The molecule has 3 aromatic carbocycles. The minimum atomic E-state index is -0.811. The molecule has 9 nitrogen and oxygen atoms in total. The number of carbonyl (C=O) groups is 2. The first-order valence-corrected chi connectivity index (χ1v) is 15.8. The topological polar surface area (TPSA) is 103 Å². The quantitative estimate of drug-likeness (QED) is 0.256. The van der Waals surface area contributed by atoms with E-state index in [1.54, 1.807) is 11.8 Å². The Kier molecular flexibility index (Phi) is 7.31. The number of carbonyl (C=O) groups excluding carboxylic acids is 2. The van der Waals surface area contributed by atoms with Crippen molar-refractivity contribution in [1.82, 2.24) is 19.8 Å². The van der Waals surface area contributed by atoms with Gasteiger partial charge in [0.05, 0.1) is 16.5 Å². The van der Waals surface area contributed by atoms with Crippen LogP contribution in [0.15, 0.2) is 65.5 Å². The van der Waals surface area contributed by atoms with E-state index in [-0.39, 0.29) is 52.2 Å². The van der Waals surface area contributed by atoms with Crippen LogP contribution in [0.25, 0.3) is 22.0 Å². The van der Waals surface area contributed by atoms with Gasteiger partial charge in [0.15, 0.2) is 0 Å². The van der Waals surface area contributed by atoms with Crippen molar-refractivity contribution >= 4 is 34.7 Å². The van der Waals surface area contributed by atoms with E-state index in [2.05, 4.69) is 22.4 Å². The summed E-state index contributed by atoms with van der Waals surface area (Å²) < 4.78 is 27.8. The summed E-state index contributed by atoms with van der Waals surface area (Å²) >= 11 is 6.39. The van der Waals surface area contributed by atoms with Crippen molar-refractivity contribution in [3.63, 3.8) is 0 Å². The lowest BCUT2D eigenvalue weighted by molar-refractivity contribution is 0.0266. The molecule has 1 aliphatic heterocycles. The first-order chi connectivity index (χ1) is 21.9. The van der Waals surface area contributed by atoms with Crippen LogP contribution in [0.4, 0.5) is 14.0 Å². The number of piperidine rings is 1. The molecule has 2 amide bonds. The molecule has 0 spiro atoms. The molecule has 1 aromatic heterocycles. The summed E-state index contributed by atoms with van der Waals surface area (Å²) in [5.41, 5.74) is 3.12. The molecular formula is C35H34ClFN4O5. The maximum Gasteiger partial charge on any atom is 0.410 e. The molecule has 2 fully saturated rings. The number of benzene rings is 3. The lowest BCUT2D eigenvalue weighted by atomic mass is 9.98. The maximum absolute atomic E-state index is 15.0. The highest BCUT2D eigenvalue weighted by molar-refractivity contribution is 6.35. The number of amides is 2. The fraction of sp³-hybridized carbons (Fsp3) is 0.371. The Morgan fingerprint density at radius 1 is 1.02 bits per heavy atom. The minimum Gasteiger partial charge on any atom is -0.449 e. The van der Waals surface area contributed by atoms with E-state index in [9.17, 15) is 14.4 Å². The van der Waals surface area contributed by atoms with Gasteiger partial charge in [-0.05, 0) is 62.1 Å². The Hall–Kier alpha value is -4.44. The van der Waals surface area contributed by atoms with Gasteiger partial charge in [-0.1, -0.05) is 60.1 Å². The van der Waals surface area contributed by atoms with Gasteiger partial charge in [-0.2, -0.15) is 0 Å². The van der Waals surface area contributed by atoms with Crippen LogP contribution in [-0.4, -0.2) is 51.9 Å². The van der Waals surface area contributed by atoms with E-state index >= 15 is 4.39 Å². The van der Waals surface area contributed by atoms with Gasteiger partial charge >= 0.3 is 12.2 Å². The number of fused-ring (bicyclic) bond motifs is 5. The largest absolute Gasteiger partial charge is 0.449 e. The molecule has 0 bridgehead atoms. The summed E-state index contributed by atoms with van der Waals surface area (Å²) in [5.74, 6) is -0.685. The number of halogens is 2. The summed E-state index contributed by atoms with van der Waals surface area (Å²) in [6.45, 7) is 8.03. The summed E-state index contributed by atoms with van der Waals surface area (Å²) in [6, 6.07) is 17.5. The van der Waals surface area contributed by atoms with Gasteiger partial charge in [0, 0.05) is 36.9 Å². The molecule has 1 saturated heterocycles. The fourth-order valence-corrected chi connectivity index (χ4v) is 7.31. The van der Waals surface area contributed by atoms with Crippen molar-refractivity contribution in [2.75, 3.05) is 19.7 Å². The second-order valence-electron chi connectivity index (χ2n) is 13.3. The number of ether oxygens (including phenoxy) is 2. The van der Waals surface area contributed by atoms with Crippen LogP contribution < -0.4 is 10.9 Å². The van der Waals surface area contributed by atoms with Gasteiger partial charge in [-0.25, -0.2) is 19.0 Å². The number of nitrogens with zero attached hydrogens (tertiary/aromatic N) is 3. The van der Waals surface area contributed by atoms with E-state index in [0.717, 1.165) is 22.3 Å². The van der Waals surface area contributed by atoms with Crippen LogP contribution in [0.5, 0.6) is 0 Å². The van der Waals surface area contributed by atoms with E-state index in [1.807, 2.05) is 57.2 Å². The molecule has 11 heteroatoms. The first-order valence-electron chi connectivity index (χ1n) is 15.4. The lowest BCUT2D eigenvalue weighted by Gasteiger charge is -2.27. The van der Waals surface area contributed by atoms with E-state index in [4.69, 9.17) is 21.1 Å². The predicted molar refractivity (Wildman–Crippen MR) is 171 cm³/mol. The molecule has 1 saturated carbocycles. The SMILES string of the molecule is C[C@H](NC(=O)OCC1c2ccccc2-c2ccccc21)c1nc2c(F)ccc(Cl)c2c(=O)n1C1C2CN(C(=O)OC(C)(C)C)CC21. The van der Waals surface area contributed by atoms with Gasteiger partial charge in [-0.3, -0.25) is 9.36 Å². The highest BCUT2D eigenvalue weighted by Crippen LogP contribution is 2.55. The number of aromatic nitrogens is 2. The molecule has 3 aliphatic rings. The Labute approximate surface area is 270 Å². The lowest BCUT2D eigenvalue weighted by Crippen LogP contribution is -2.39. The monoisotopic (exact) mass is 644 g/mol. The third-order valence-electron chi connectivity index (χ3n) is 9.15. The fourth-order valence-electron chi connectivity index (χ4n) is 7.08. The smallest absolute Gasteiger partial charge is 0.410 e.